The van der Waals surface area contributed by atoms with Crippen LogP contribution in [0.1, 0.15) is 35.1 Å². The number of aliphatic hydroxyl groups excluding tert-OH is 1. The number of rotatable bonds is 7. The Labute approximate surface area is 117 Å². The van der Waals surface area contributed by atoms with Gasteiger partial charge in [-0.3, -0.25) is 4.79 Å². The van der Waals surface area contributed by atoms with Gasteiger partial charge in [-0.05, 0) is 37.8 Å². The Hall–Kier alpha value is -0.910. The maximum atomic E-state index is 11.2. The fourth-order valence-corrected chi connectivity index (χ4v) is 3.55. The molecule has 4 nitrogen and oxygen atoms in total. The molecule has 5 heteroatoms. The summed E-state index contributed by atoms with van der Waals surface area (Å²) in [5.74, 6) is -0.341. The molecule has 1 aromatic heterocycles. The summed E-state index contributed by atoms with van der Waals surface area (Å²) in [4.78, 5) is 14.0. The first-order valence-corrected chi connectivity index (χ1v) is 7.65. The predicted octanol–water partition coefficient (Wildman–Crippen LogP) is 1.64. The van der Waals surface area contributed by atoms with Crippen LogP contribution in [-0.4, -0.2) is 30.3 Å². The van der Waals surface area contributed by atoms with Gasteiger partial charge in [-0.2, -0.15) is 0 Å². The van der Waals surface area contributed by atoms with Crippen molar-refractivity contribution in [1.29, 1.82) is 0 Å². The van der Waals surface area contributed by atoms with E-state index in [-0.39, 0.29) is 12.4 Å². The van der Waals surface area contributed by atoms with Gasteiger partial charge in [-0.15, -0.1) is 11.3 Å². The lowest BCUT2D eigenvalue weighted by Crippen LogP contribution is -2.28. The minimum absolute atomic E-state index is 0.0573. The number of thiophene rings is 1. The zero-order valence-corrected chi connectivity index (χ0v) is 12.1. The molecule has 19 heavy (non-hydrogen) atoms. The van der Waals surface area contributed by atoms with E-state index in [9.17, 15) is 9.90 Å². The van der Waals surface area contributed by atoms with Gasteiger partial charge in [-0.1, -0.05) is 0 Å². The number of carbonyl (C=O) groups is 1. The molecule has 1 unspecified atom stereocenters. The Morgan fingerprint density at radius 2 is 2.42 bits per heavy atom. The van der Waals surface area contributed by atoms with E-state index in [1.54, 1.807) is 6.92 Å². The van der Waals surface area contributed by atoms with Crippen molar-refractivity contribution >= 4 is 17.3 Å². The molecule has 1 aliphatic rings. The molecule has 0 bridgehead atoms. The van der Waals surface area contributed by atoms with E-state index in [0.29, 0.717) is 13.2 Å². The van der Waals surface area contributed by atoms with E-state index >= 15 is 0 Å². The molecule has 2 rings (SSSR count). The summed E-state index contributed by atoms with van der Waals surface area (Å²) >= 11 is 1.86. The molecule has 0 spiro atoms. The third-order valence-corrected chi connectivity index (χ3v) is 4.42. The number of aliphatic hydroxyl groups is 1. The first kappa shape index (κ1) is 14.5. The van der Waals surface area contributed by atoms with Gasteiger partial charge in [0.25, 0.3) is 0 Å². The van der Waals surface area contributed by atoms with Crippen LogP contribution < -0.4 is 5.32 Å². The molecular weight excluding hydrogens is 262 g/mol. The normalized spacial score (nSPS) is 15.3. The molecule has 0 amide bonds. The Morgan fingerprint density at radius 3 is 3.16 bits per heavy atom. The summed E-state index contributed by atoms with van der Waals surface area (Å²) < 4.78 is 4.79. The molecule has 1 atom stereocenters. The van der Waals surface area contributed by atoms with Gasteiger partial charge in [0.2, 0.25) is 0 Å². The van der Waals surface area contributed by atoms with Gasteiger partial charge < -0.3 is 15.2 Å². The van der Waals surface area contributed by atoms with Gasteiger partial charge in [0.05, 0.1) is 19.1 Å². The van der Waals surface area contributed by atoms with Crippen LogP contribution >= 0.6 is 11.3 Å². The predicted molar refractivity (Wildman–Crippen MR) is 75.3 cm³/mol. The van der Waals surface area contributed by atoms with Crippen molar-refractivity contribution in [2.45, 2.75) is 45.3 Å². The number of carbonyl (C=O) groups excluding carboxylic acids is 1. The summed E-state index contributed by atoms with van der Waals surface area (Å²) in [6.07, 6.45) is 3.09. The molecule has 0 saturated carbocycles. The van der Waals surface area contributed by atoms with E-state index in [4.69, 9.17) is 4.74 Å². The number of aryl methyl sites for hydroxylation is 2. The highest BCUT2D eigenvalue weighted by Crippen LogP contribution is 2.30. The van der Waals surface area contributed by atoms with Gasteiger partial charge in [0.1, 0.15) is 0 Å². The topological polar surface area (TPSA) is 58.6 Å². The Kier molecular flexibility index (Phi) is 5.36. The van der Waals surface area contributed by atoms with Crippen molar-refractivity contribution in [1.82, 2.24) is 5.32 Å². The van der Waals surface area contributed by atoms with Crippen LogP contribution in [-0.2, 0) is 28.9 Å². The average Bonchev–Trinajstić information content (AvgIpc) is 2.89. The maximum absolute atomic E-state index is 11.2. The van der Waals surface area contributed by atoms with E-state index < -0.39 is 6.10 Å². The third-order valence-electron chi connectivity index (χ3n) is 3.18. The largest absolute Gasteiger partial charge is 0.466 e. The molecule has 0 radical (unpaired) electrons. The second-order valence-corrected chi connectivity index (χ2v) is 6.03. The van der Waals surface area contributed by atoms with Crippen molar-refractivity contribution in [3.05, 3.63) is 21.4 Å². The molecule has 0 aliphatic heterocycles. The highest BCUT2D eigenvalue weighted by atomic mass is 32.1. The van der Waals surface area contributed by atoms with Crippen molar-refractivity contribution in [3.63, 3.8) is 0 Å². The van der Waals surface area contributed by atoms with Crippen molar-refractivity contribution in [3.8, 4) is 0 Å². The van der Waals surface area contributed by atoms with Crippen LogP contribution in [0.25, 0.3) is 0 Å². The number of hydrogen-bond acceptors (Lipinski definition) is 5. The summed E-state index contributed by atoms with van der Waals surface area (Å²) in [6, 6.07) is 2.26. The monoisotopic (exact) mass is 283 g/mol. The molecule has 1 aliphatic carbocycles. The summed E-state index contributed by atoms with van der Waals surface area (Å²) in [7, 11) is 0. The molecule has 1 heterocycles. The lowest BCUT2D eigenvalue weighted by atomic mass is 10.2. The Balaban J connectivity index is 1.66. The first-order valence-electron chi connectivity index (χ1n) is 6.84. The number of nitrogens with one attached hydrogen (secondary N) is 1. The van der Waals surface area contributed by atoms with Gasteiger partial charge >= 0.3 is 5.97 Å². The average molecular weight is 283 g/mol. The zero-order valence-electron chi connectivity index (χ0n) is 11.3. The number of esters is 1. The van der Waals surface area contributed by atoms with Gasteiger partial charge in [-0.25, -0.2) is 0 Å². The van der Waals surface area contributed by atoms with E-state index in [0.717, 1.165) is 6.54 Å². The molecule has 0 saturated heterocycles. The molecule has 106 valence electrons. The van der Waals surface area contributed by atoms with Crippen LogP contribution in [0.2, 0.25) is 0 Å². The fourth-order valence-electron chi connectivity index (χ4n) is 2.32. The van der Waals surface area contributed by atoms with Crippen molar-refractivity contribution < 1.29 is 14.6 Å². The zero-order chi connectivity index (χ0) is 13.7. The lowest BCUT2D eigenvalue weighted by molar-refractivity contribution is -0.145. The van der Waals surface area contributed by atoms with E-state index in [2.05, 4.69) is 11.4 Å². The first-order chi connectivity index (χ1) is 9.19. The van der Waals surface area contributed by atoms with E-state index in [1.807, 2.05) is 11.3 Å². The quantitative estimate of drug-likeness (QED) is 0.747. The Bertz CT molecular complexity index is 409. The number of ether oxygens (including phenoxy) is 1. The fraction of sp³-hybridized carbons (Fsp3) is 0.643. The lowest BCUT2D eigenvalue weighted by Gasteiger charge is -2.10. The summed E-state index contributed by atoms with van der Waals surface area (Å²) in [5.41, 5.74) is 1.49. The maximum Gasteiger partial charge on any atom is 0.308 e. The standard InChI is InChI=1S/C14H21NO3S/c1-2-18-14(17)7-11(16)8-15-9-12-6-10-4-3-5-13(10)19-12/h6,11,15-16H,2-5,7-9H2,1H3. The van der Waals surface area contributed by atoms with Crippen LogP contribution in [0.4, 0.5) is 0 Å². The molecule has 0 aromatic carbocycles. The number of fused-ring (bicyclic) bond motifs is 1. The third kappa shape index (κ3) is 4.30. The van der Waals surface area contributed by atoms with Gasteiger partial charge in [0.15, 0.2) is 0 Å². The van der Waals surface area contributed by atoms with Crippen molar-refractivity contribution in [2.75, 3.05) is 13.2 Å². The second-order valence-electron chi connectivity index (χ2n) is 4.81. The SMILES string of the molecule is CCOC(=O)CC(O)CNCc1cc2c(s1)CCC2. The van der Waals surface area contributed by atoms with E-state index in [1.165, 1.54) is 34.6 Å². The minimum Gasteiger partial charge on any atom is -0.466 e. The van der Waals surface area contributed by atoms with Crippen LogP contribution in [0, 0.1) is 0 Å². The highest BCUT2D eigenvalue weighted by molar-refractivity contribution is 7.12. The summed E-state index contributed by atoms with van der Waals surface area (Å²) in [6.45, 7) is 3.30. The Morgan fingerprint density at radius 1 is 1.58 bits per heavy atom. The molecular formula is C14H21NO3S. The summed E-state index contributed by atoms with van der Waals surface area (Å²) in [5, 5.41) is 12.9. The van der Waals surface area contributed by atoms with Crippen molar-refractivity contribution in [2.24, 2.45) is 0 Å². The van der Waals surface area contributed by atoms with Crippen LogP contribution in [0.3, 0.4) is 0 Å². The number of hydrogen-bond donors (Lipinski definition) is 2. The smallest absolute Gasteiger partial charge is 0.308 e. The van der Waals surface area contributed by atoms with Crippen LogP contribution in [0.15, 0.2) is 6.07 Å². The minimum atomic E-state index is -0.675. The molecule has 0 fully saturated rings. The van der Waals surface area contributed by atoms with Crippen LogP contribution in [0.5, 0.6) is 0 Å². The highest BCUT2D eigenvalue weighted by Gasteiger charge is 2.15. The molecule has 2 N–H and O–H groups in total. The second kappa shape index (κ2) is 7.03. The van der Waals surface area contributed by atoms with Gasteiger partial charge in [0, 0.05) is 22.8 Å². The molecule has 1 aromatic rings.